The highest BCUT2D eigenvalue weighted by molar-refractivity contribution is 5.05. The molecule has 0 radical (unpaired) electrons. The maximum absolute atomic E-state index is 5.41. The summed E-state index contributed by atoms with van der Waals surface area (Å²) in [4.78, 5) is 0. The van der Waals surface area contributed by atoms with E-state index in [-0.39, 0.29) is 0 Å². The van der Waals surface area contributed by atoms with Gasteiger partial charge in [0, 0.05) is 6.61 Å². The molecular formula is C11H17NO2. The number of nitrogens with two attached hydrogens (primary N) is 1. The molecule has 3 nitrogen and oxygen atoms in total. The minimum Gasteiger partial charge on any atom is -0.462 e. The second kappa shape index (κ2) is 6.40. The standard InChI is InChI=1S/C11H17NO2/c1-2-3-4-7-13-9-11-6-5-10(8-12)14-11/h2,5-6H,1,3-4,7-9,12H2. The Labute approximate surface area is 84.5 Å². The first-order chi connectivity index (χ1) is 6.86. The van der Waals surface area contributed by atoms with Gasteiger partial charge < -0.3 is 14.9 Å². The monoisotopic (exact) mass is 195 g/mol. The van der Waals surface area contributed by atoms with Crippen molar-refractivity contribution in [1.82, 2.24) is 0 Å². The van der Waals surface area contributed by atoms with E-state index in [0.29, 0.717) is 13.2 Å². The summed E-state index contributed by atoms with van der Waals surface area (Å²) in [5, 5.41) is 0. The summed E-state index contributed by atoms with van der Waals surface area (Å²) in [6.07, 6.45) is 3.89. The average molecular weight is 195 g/mol. The van der Waals surface area contributed by atoms with Crippen LogP contribution < -0.4 is 5.73 Å². The van der Waals surface area contributed by atoms with Crippen molar-refractivity contribution in [2.75, 3.05) is 6.61 Å². The van der Waals surface area contributed by atoms with Gasteiger partial charge in [-0.05, 0) is 25.0 Å². The third-order valence-corrected chi connectivity index (χ3v) is 1.86. The van der Waals surface area contributed by atoms with Gasteiger partial charge in [-0.15, -0.1) is 6.58 Å². The average Bonchev–Trinajstić information content (AvgIpc) is 2.65. The molecule has 0 atom stereocenters. The Morgan fingerprint density at radius 1 is 1.43 bits per heavy atom. The molecule has 0 spiro atoms. The van der Waals surface area contributed by atoms with Crippen molar-refractivity contribution < 1.29 is 9.15 Å². The summed E-state index contributed by atoms with van der Waals surface area (Å²) >= 11 is 0. The van der Waals surface area contributed by atoms with Crippen LogP contribution >= 0.6 is 0 Å². The fourth-order valence-electron chi connectivity index (χ4n) is 1.11. The van der Waals surface area contributed by atoms with Gasteiger partial charge in [-0.1, -0.05) is 6.08 Å². The van der Waals surface area contributed by atoms with E-state index in [9.17, 15) is 0 Å². The van der Waals surface area contributed by atoms with Crippen molar-refractivity contribution in [3.8, 4) is 0 Å². The van der Waals surface area contributed by atoms with Gasteiger partial charge in [-0.3, -0.25) is 0 Å². The summed E-state index contributed by atoms with van der Waals surface area (Å²) in [7, 11) is 0. The zero-order valence-corrected chi connectivity index (χ0v) is 8.37. The van der Waals surface area contributed by atoms with Crippen LogP contribution in [-0.2, 0) is 17.9 Å². The van der Waals surface area contributed by atoms with Gasteiger partial charge in [0.05, 0.1) is 6.54 Å². The molecule has 0 saturated carbocycles. The molecule has 1 aromatic rings. The molecule has 0 bridgehead atoms. The Kier molecular flexibility index (Phi) is 5.04. The van der Waals surface area contributed by atoms with Crippen LogP contribution in [0.3, 0.4) is 0 Å². The van der Waals surface area contributed by atoms with Crippen molar-refractivity contribution >= 4 is 0 Å². The molecule has 3 heteroatoms. The maximum atomic E-state index is 5.41. The zero-order valence-electron chi connectivity index (χ0n) is 8.37. The van der Waals surface area contributed by atoms with E-state index in [0.717, 1.165) is 31.0 Å². The lowest BCUT2D eigenvalue weighted by molar-refractivity contribution is 0.104. The molecule has 0 aromatic carbocycles. The van der Waals surface area contributed by atoms with E-state index >= 15 is 0 Å². The molecule has 1 rings (SSSR count). The SMILES string of the molecule is C=CCCCOCc1ccc(CN)o1. The smallest absolute Gasteiger partial charge is 0.129 e. The van der Waals surface area contributed by atoms with E-state index < -0.39 is 0 Å². The summed E-state index contributed by atoms with van der Waals surface area (Å²) in [5.74, 6) is 1.64. The summed E-state index contributed by atoms with van der Waals surface area (Å²) in [6, 6.07) is 3.78. The van der Waals surface area contributed by atoms with Crippen LogP contribution in [0.2, 0.25) is 0 Å². The van der Waals surface area contributed by atoms with Crippen LogP contribution in [0.25, 0.3) is 0 Å². The number of allylic oxidation sites excluding steroid dienone is 1. The van der Waals surface area contributed by atoms with Gasteiger partial charge in [0.2, 0.25) is 0 Å². The quantitative estimate of drug-likeness (QED) is 0.536. The van der Waals surface area contributed by atoms with E-state index in [1.54, 1.807) is 0 Å². The fraction of sp³-hybridized carbons (Fsp3) is 0.455. The van der Waals surface area contributed by atoms with Gasteiger partial charge in [0.15, 0.2) is 0 Å². The third kappa shape index (κ3) is 3.77. The van der Waals surface area contributed by atoms with E-state index in [2.05, 4.69) is 6.58 Å². The first kappa shape index (κ1) is 11.0. The normalized spacial score (nSPS) is 10.4. The number of hydrogen-bond acceptors (Lipinski definition) is 3. The Balaban J connectivity index is 2.14. The zero-order chi connectivity index (χ0) is 10.2. The largest absolute Gasteiger partial charge is 0.462 e. The highest BCUT2D eigenvalue weighted by Crippen LogP contribution is 2.08. The predicted octanol–water partition coefficient (Wildman–Crippen LogP) is 2.22. The summed E-state index contributed by atoms with van der Waals surface area (Å²) < 4.78 is 10.8. The van der Waals surface area contributed by atoms with E-state index in [1.807, 2.05) is 18.2 Å². The predicted molar refractivity (Wildman–Crippen MR) is 55.7 cm³/mol. The molecule has 0 saturated heterocycles. The van der Waals surface area contributed by atoms with Crippen molar-refractivity contribution in [3.63, 3.8) is 0 Å². The molecule has 2 N–H and O–H groups in total. The highest BCUT2D eigenvalue weighted by Gasteiger charge is 1.99. The molecule has 0 aliphatic heterocycles. The van der Waals surface area contributed by atoms with Gasteiger partial charge in [0.1, 0.15) is 18.1 Å². The summed E-state index contributed by atoms with van der Waals surface area (Å²) in [6.45, 7) is 5.35. The van der Waals surface area contributed by atoms with E-state index in [1.165, 1.54) is 0 Å². The Morgan fingerprint density at radius 2 is 2.21 bits per heavy atom. The minimum atomic E-state index is 0.441. The third-order valence-electron chi connectivity index (χ3n) is 1.86. The van der Waals surface area contributed by atoms with Crippen LogP contribution in [0.15, 0.2) is 29.2 Å². The Bertz CT molecular complexity index is 268. The topological polar surface area (TPSA) is 48.4 Å². The number of furan rings is 1. The maximum Gasteiger partial charge on any atom is 0.129 e. The molecule has 0 amide bonds. The lowest BCUT2D eigenvalue weighted by atomic mass is 10.3. The fourth-order valence-corrected chi connectivity index (χ4v) is 1.11. The van der Waals surface area contributed by atoms with Crippen LogP contribution in [0.1, 0.15) is 24.4 Å². The first-order valence-corrected chi connectivity index (χ1v) is 4.83. The molecule has 0 fully saturated rings. The minimum absolute atomic E-state index is 0.441. The summed E-state index contributed by atoms with van der Waals surface area (Å²) in [5.41, 5.74) is 5.41. The highest BCUT2D eigenvalue weighted by atomic mass is 16.5. The Hall–Kier alpha value is -1.06. The number of rotatable bonds is 7. The van der Waals surface area contributed by atoms with Crippen molar-refractivity contribution in [2.24, 2.45) is 5.73 Å². The molecular weight excluding hydrogens is 178 g/mol. The van der Waals surface area contributed by atoms with Crippen molar-refractivity contribution in [2.45, 2.75) is 26.0 Å². The number of hydrogen-bond donors (Lipinski definition) is 1. The van der Waals surface area contributed by atoms with Gasteiger partial charge >= 0.3 is 0 Å². The van der Waals surface area contributed by atoms with Crippen LogP contribution in [-0.4, -0.2) is 6.61 Å². The molecule has 78 valence electrons. The van der Waals surface area contributed by atoms with Crippen LogP contribution in [0.5, 0.6) is 0 Å². The van der Waals surface area contributed by atoms with Crippen molar-refractivity contribution in [1.29, 1.82) is 0 Å². The van der Waals surface area contributed by atoms with Crippen molar-refractivity contribution in [3.05, 3.63) is 36.3 Å². The van der Waals surface area contributed by atoms with Crippen LogP contribution in [0.4, 0.5) is 0 Å². The first-order valence-electron chi connectivity index (χ1n) is 4.83. The molecule has 1 aromatic heterocycles. The molecule has 0 aliphatic carbocycles. The van der Waals surface area contributed by atoms with E-state index in [4.69, 9.17) is 14.9 Å². The van der Waals surface area contributed by atoms with Gasteiger partial charge in [-0.2, -0.15) is 0 Å². The second-order valence-electron chi connectivity index (χ2n) is 3.06. The Morgan fingerprint density at radius 3 is 2.86 bits per heavy atom. The number of unbranched alkanes of at least 4 members (excludes halogenated alkanes) is 1. The number of ether oxygens (including phenoxy) is 1. The lowest BCUT2D eigenvalue weighted by Gasteiger charge is -1.99. The molecule has 1 heterocycles. The van der Waals surface area contributed by atoms with Crippen LogP contribution in [0, 0.1) is 0 Å². The lowest BCUT2D eigenvalue weighted by Crippen LogP contribution is -1.95. The second-order valence-corrected chi connectivity index (χ2v) is 3.06. The molecule has 14 heavy (non-hydrogen) atoms. The molecule has 0 aliphatic rings. The molecule has 0 unspecified atom stereocenters. The van der Waals surface area contributed by atoms with Gasteiger partial charge in [0.25, 0.3) is 0 Å². The van der Waals surface area contributed by atoms with Gasteiger partial charge in [-0.25, -0.2) is 0 Å².